The Morgan fingerprint density at radius 1 is 1.27 bits per heavy atom. The Morgan fingerprint density at radius 3 is 2.77 bits per heavy atom. The Labute approximate surface area is 176 Å². The van der Waals surface area contributed by atoms with E-state index in [0.717, 1.165) is 49.5 Å². The maximum Gasteiger partial charge on any atom is 0.308 e. The first-order chi connectivity index (χ1) is 14.5. The van der Waals surface area contributed by atoms with E-state index in [9.17, 15) is 9.59 Å². The van der Waals surface area contributed by atoms with Crippen LogP contribution in [0.25, 0.3) is 0 Å². The number of ether oxygens (including phenoxy) is 2. The molecule has 8 heteroatoms. The number of fused-ring (bicyclic) bond motifs is 1. The van der Waals surface area contributed by atoms with E-state index in [1.165, 1.54) is 12.7 Å². The predicted molar refractivity (Wildman–Crippen MR) is 110 cm³/mol. The number of carbonyl (C=O) groups is 2. The number of H-pyrrole nitrogens is 1. The molecule has 1 amide bonds. The van der Waals surface area contributed by atoms with Crippen LogP contribution in [0.3, 0.4) is 0 Å². The van der Waals surface area contributed by atoms with Crippen molar-refractivity contribution in [3.8, 4) is 5.75 Å². The second-order valence-electron chi connectivity index (χ2n) is 8.01. The summed E-state index contributed by atoms with van der Waals surface area (Å²) in [5, 5.41) is 0. The first-order valence-corrected chi connectivity index (χ1v) is 10.4. The molecule has 1 saturated heterocycles. The molecule has 1 aromatic carbocycles. The highest BCUT2D eigenvalue weighted by atomic mass is 16.5. The number of aromatic nitrogens is 2. The minimum Gasteiger partial charge on any atom is -0.491 e. The monoisotopic (exact) mass is 412 g/mol. The molecule has 0 radical (unpaired) electrons. The number of imidazole rings is 1. The number of aryl methyl sites for hydroxylation is 1. The molecule has 4 rings (SSSR count). The third-order valence-electron chi connectivity index (χ3n) is 5.83. The zero-order valence-corrected chi connectivity index (χ0v) is 17.5. The number of esters is 1. The Kier molecular flexibility index (Phi) is 6.03. The molecule has 0 aliphatic carbocycles. The van der Waals surface area contributed by atoms with Gasteiger partial charge in [-0.3, -0.25) is 14.5 Å². The molecule has 30 heavy (non-hydrogen) atoms. The molecule has 1 aromatic heterocycles. The summed E-state index contributed by atoms with van der Waals surface area (Å²) >= 11 is 0. The highest BCUT2D eigenvalue weighted by Crippen LogP contribution is 2.27. The highest BCUT2D eigenvalue weighted by Gasteiger charge is 2.26. The molecule has 0 bridgehead atoms. The Morgan fingerprint density at radius 2 is 2.07 bits per heavy atom. The summed E-state index contributed by atoms with van der Waals surface area (Å²) in [6.07, 6.45) is 3.31. The van der Waals surface area contributed by atoms with Crippen molar-refractivity contribution in [3.63, 3.8) is 0 Å². The van der Waals surface area contributed by atoms with Crippen LogP contribution in [-0.4, -0.2) is 65.0 Å². The SMILES string of the molecule is COC(=O)C1CCN(Cc2ccc3c(c2)CN(C(=O)c2ncc(C)[nH]2)CCO3)CC1. The van der Waals surface area contributed by atoms with Crippen molar-refractivity contribution in [3.05, 3.63) is 47.0 Å². The van der Waals surface area contributed by atoms with Crippen LogP contribution in [0, 0.1) is 12.8 Å². The van der Waals surface area contributed by atoms with Crippen LogP contribution < -0.4 is 4.74 Å². The normalized spacial score (nSPS) is 17.7. The van der Waals surface area contributed by atoms with E-state index in [2.05, 4.69) is 27.0 Å². The zero-order valence-electron chi connectivity index (χ0n) is 17.5. The van der Waals surface area contributed by atoms with Crippen molar-refractivity contribution in [2.24, 2.45) is 5.92 Å². The fourth-order valence-corrected chi connectivity index (χ4v) is 4.14. The predicted octanol–water partition coefficient (Wildman–Crippen LogP) is 2.14. The van der Waals surface area contributed by atoms with Crippen molar-refractivity contribution in [1.82, 2.24) is 19.8 Å². The van der Waals surface area contributed by atoms with Gasteiger partial charge in [-0.1, -0.05) is 6.07 Å². The van der Waals surface area contributed by atoms with E-state index >= 15 is 0 Å². The molecule has 0 unspecified atom stereocenters. The number of methoxy groups -OCH3 is 1. The van der Waals surface area contributed by atoms with E-state index in [1.807, 2.05) is 13.0 Å². The van der Waals surface area contributed by atoms with Crippen LogP contribution in [0.5, 0.6) is 5.75 Å². The molecule has 0 spiro atoms. The van der Waals surface area contributed by atoms with Crippen LogP contribution in [0.1, 0.15) is 40.3 Å². The minimum absolute atomic E-state index is 0.0107. The van der Waals surface area contributed by atoms with E-state index in [-0.39, 0.29) is 17.8 Å². The molecule has 0 atom stereocenters. The standard InChI is InChI=1S/C22H28N4O4/c1-15-12-23-20(24-15)21(27)26-9-10-30-19-4-3-16(11-18(19)14-26)13-25-7-5-17(6-8-25)22(28)29-2/h3-4,11-12,17H,5-10,13-14H2,1-2H3,(H,23,24). The highest BCUT2D eigenvalue weighted by molar-refractivity contribution is 5.90. The van der Waals surface area contributed by atoms with Crippen molar-refractivity contribution < 1.29 is 19.1 Å². The fourth-order valence-electron chi connectivity index (χ4n) is 4.14. The number of likely N-dealkylation sites (tertiary alicyclic amines) is 1. The van der Waals surface area contributed by atoms with Gasteiger partial charge in [0.1, 0.15) is 12.4 Å². The van der Waals surface area contributed by atoms with Gasteiger partial charge < -0.3 is 19.4 Å². The molecule has 3 heterocycles. The summed E-state index contributed by atoms with van der Waals surface area (Å²) < 4.78 is 10.7. The average molecular weight is 412 g/mol. The number of rotatable bonds is 4. The fraction of sp³-hybridized carbons (Fsp3) is 0.500. The van der Waals surface area contributed by atoms with Gasteiger partial charge in [-0.25, -0.2) is 4.98 Å². The maximum absolute atomic E-state index is 12.8. The summed E-state index contributed by atoms with van der Waals surface area (Å²) in [4.78, 5) is 35.9. The van der Waals surface area contributed by atoms with Gasteiger partial charge in [-0.15, -0.1) is 0 Å². The molecule has 160 valence electrons. The van der Waals surface area contributed by atoms with Gasteiger partial charge >= 0.3 is 5.97 Å². The van der Waals surface area contributed by atoms with Crippen LogP contribution in [0.4, 0.5) is 0 Å². The maximum atomic E-state index is 12.8. The first-order valence-electron chi connectivity index (χ1n) is 10.4. The summed E-state index contributed by atoms with van der Waals surface area (Å²) in [6, 6.07) is 6.20. The first kappa shape index (κ1) is 20.4. The van der Waals surface area contributed by atoms with Crippen LogP contribution in [0.2, 0.25) is 0 Å². The number of benzene rings is 1. The largest absolute Gasteiger partial charge is 0.491 e. The minimum atomic E-state index is -0.116. The number of amides is 1. The number of nitrogens with one attached hydrogen (secondary N) is 1. The Hall–Kier alpha value is -2.87. The topological polar surface area (TPSA) is 87.8 Å². The van der Waals surface area contributed by atoms with Gasteiger partial charge in [-0.2, -0.15) is 0 Å². The third kappa shape index (κ3) is 4.48. The van der Waals surface area contributed by atoms with E-state index < -0.39 is 0 Å². The summed E-state index contributed by atoms with van der Waals surface area (Å²) in [5.74, 6) is 0.981. The van der Waals surface area contributed by atoms with Crippen molar-refractivity contribution in [1.29, 1.82) is 0 Å². The van der Waals surface area contributed by atoms with Crippen LogP contribution in [0.15, 0.2) is 24.4 Å². The molecule has 1 fully saturated rings. The summed E-state index contributed by atoms with van der Waals surface area (Å²) in [7, 11) is 1.45. The average Bonchev–Trinajstić information content (AvgIpc) is 3.08. The Balaban J connectivity index is 1.42. The lowest BCUT2D eigenvalue weighted by atomic mass is 9.96. The lowest BCUT2D eigenvalue weighted by Crippen LogP contribution is -2.36. The number of hydrogen-bond donors (Lipinski definition) is 1. The molecule has 8 nitrogen and oxygen atoms in total. The molecule has 2 aromatic rings. The molecule has 0 saturated carbocycles. The van der Waals surface area contributed by atoms with E-state index in [1.54, 1.807) is 11.1 Å². The Bertz CT molecular complexity index is 918. The van der Waals surface area contributed by atoms with E-state index in [0.29, 0.717) is 25.5 Å². The smallest absolute Gasteiger partial charge is 0.308 e. The number of carbonyl (C=O) groups excluding carboxylic acids is 2. The van der Waals surface area contributed by atoms with E-state index in [4.69, 9.17) is 9.47 Å². The molecular formula is C22H28N4O4. The third-order valence-corrected chi connectivity index (χ3v) is 5.83. The van der Waals surface area contributed by atoms with Crippen LogP contribution in [-0.2, 0) is 22.6 Å². The molecule has 2 aliphatic heterocycles. The zero-order chi connectivity index (χ0) is 21.1. The number of aromatic amines is 1. The lowest BCUT2D eigenvalue weighted by Gasteiger charge is -2.30. The molecule has 2 aliphatic rings. The van der Waals surface area contributed by atoms with Crippen molar-refractivity contribution in [2.45, 2.75) is 32.9 Å². The molecular weight excluding hydrogens is 384 g/mol. The van der Waals surface area contributed by atoms with Gasteiger partial charge in [-0.05, 0) is 50.6 Å². The van der Waals surface area contributed by atoms with Gasteiger partial charge in [0, 0.05) is 30.5 Å². The number of piperidine rings is 1. The second kappa shape index (κ2) is 8.87. The van der Waals surface area contributed by atoms with Crippen molar-refractivity contribution >= 4 is 11.9 Å². The van der Waals surface area contributed by atoms with Gasteiger partial charge in [0.25, 0.3) is 5.91 Å². The number of hydrogen-bond acceptors (Lipinski definition) is 6. The molecule has 1 N–H and O–H groups in total. The summed E-state index contributed by atoms with van der Waals surface area (Å²) in [6.45, 7) is 5.90. The van der Waals surface area contributed by atoms with Gasteiger partial charge in [0.05, 0.1) is 19.6 Å². The van der Waals surface area contributed by atoms with Crippen molar-refractivity contribution in [2.75, 3.05) is 33.4 Å². The quantitative estimate of drug-likeness (QED) is 0.774. The number of nitrogens with zero attached hydrogens (tertiary/aromatic N) is 3. The lowest BCUT2D eigenvalue weighted by molar-refractivity contribution is -0.147. The van der Waals surface area contributed by atoms with Gasteiger partial charge in [0.15, 0.2) is 5.82 Å². The summed E-state index contributed by atoms with van der Waals surface area (Å²) in [5.41, 5.74) is 3.05. The van der Waals surface area contributed by atoms with Crippen LogP contribution >= 0.6 is 0 Å². The second-order valence-corrected chi connectivity index (χ2v) is 8.01. The van der Waals surface area contributed by atoms with Gasteiger partial charge in [0.2, 0.25) is 0 Å².